The monoisotopic (exact) mass is 459 g/mol. The quantitative estimate of drug-likeness (QED) is 0.309. The average Bonchev–Trinajstić information content (AvgIpc) is 2.99. The van der Waals surface area contributed by atoms with Crippen LogP contribution in [0.1, 0.15) is 79.0 Å². The molecule has 0 saturated carbocycles. The van der Waals surface area contributed by atoms with Crippen molar-refractivity contribution in [2.24, 2.45) is 0 Å². The molecule has 3 N–H and O–H groups in total. The molecule has 0 spiro atoms. The van der Waals surface area contributed by atoms with Gasteiger partial charge in [0.2, 0.25) is 0 Å². The maximum Gasteiger partial charge on any atom is 0.569 e. The molecule has 1 radical (unpaired) electrons. The van der Waals surface area contributed by atoms with E-state index in [1.165, 1.54) is 24.1 Å². The van der Waals surface area contributed by atoms with Gasteiger partial charge in [0.05, 0.1) is 11.2 Å². The van der Waals surface area contributed by atoms with Gasteiger partial charge in [0, 0.05) is 11.5 Å². The topological polar surface area (TPSA) is 79.2 Å². The highest BCUT2D eigenvalue weighted by molar-refractivity contribution is 7.13. The fourth-order valence-corrected chi connectivity index (χ4v) is 3.86. The molecule has 5 nitrogen and oxygen atoms in total. The summed E-state index contributed by atoms with van der Waals surface area (Å²) in [4.78, 5) is 1.31. The molecular weight excluding hydrogens is 415 g/mol. The van der Waals surface area contributed by atoms with E-state index in [1.54, 1.807) is 39.0 Å². The van der Waals surface area contributed by atoms with Gasteiger partial charge in [0.25, 0.3) is 0 Å². The van der Waals surface area contributed by atoms with Crippen LogP contribution >= 0.6 is 11.3 Å². The van der Waals surface area contributed by atoms with E-state index >= 15 is 0 Å². The Balaban J connectivity index is 0.000000890. The fraction of sp³-hybridized carbons (Fsp3) is 0.818. The predicted molar refractivity (Wildman–Crippen MR) is 131 cm³/mol. The maximum absolute atomic E-state index is 9.10. The zero-order valence-corrected chi connectivity index (χ0v) is 22.4. The predicted octanol–water partition coefficient (Wildman–Crippen LogP) is 5.31. The first kappa shape index (κ1) is 29.6. The Hall–Kier alpha value is -0.378. The number of thiophene rings is 1. The van der Waals surface area contributed by atoms with Gasteiger partial charge in [-0.25, -0.2) is 0 Å². The number of aryl methyl sites for hydroxylation is 1. The van der Waals surface area contributed by atoms with Crippen LogP contribution in [-0.4, -0.2) is 49.0 Å². The lowest BCUT2D eigenvalue weighted by Crippen LogP contribution is -2.44. The Labute approximate surface area is 190 Å². The lowest BCUT2D eigenvalue weighted by molar-refractivity contribution is -0.107. The second-order valence-electron chi connectivity index (χ2n) is 10.3. The van der Waals surface area contributed by atoms with Gasteiger partial charge in [-0.05, 0) is 77.2 Å². The average molecular weight is 460 g/mol. The second-order valence-corrected chi connectivity index (χ2v) is 16.3. The van der Waals surface area contributed by atoms with E-state index in [9.17, 15) is 0 Å². The Morgan fingerprint density at radius 3 is 1.90 bits per heavy atom. The van der Waals surface area contributed by atoms with Crippen LogP contribution in [0.15, 0.2) is 12.1 Å². The number of unbranched alkanes of at least 4 members (excludes halogenated alkanes) is 3. The molecule has 0 fully saturated rings. The second kappa shape index (κ2) is 12.6. The molecule has 0 atom stereocenters. The summed E-state index contributed by atoms with van der Waals surface area (Å²) < 4.78 is 11.1. The number of rotatable bonds is 11. The Bertz CT molecular complexity index is 574. The molecule has 0 saturated heterocycles. The summed E-state index contributed by atoms with van der Waals surface area (Å²) in [6.45, 7) is 18.7. The van der Waals surface area contributed by atoms with Crippen molar-refractivity contribution < 1.29 is 24.3 Å². The highest BCUT2D eigenvalue weighted by Crippen LogP contribution is 2.36. The molecule has 0 aliphatic heterocycles. The molecule has 0 bridgehead atoms. The Morgan fingerprint density at radius 1 is 0.900 bits per heavy atom. The van der Waals surface area contributed by atoms with Crippen LogP contribution in [0.4, 0.5) is 0 Å². The van der Waals surface area contributed by atoms with Gasteiger partial charge in [-0.1, -0.05) is 33.6 Å². The molecule has 0 aliphatic rings. The van der Waals surface area contributed by atoms with Gasteiger partial charge in [0.15, 0.2) is 13.4 Å². The van der Waals surface area contributed by atoms with E-state index < -0.39 is 19.5 Å². The lowest BCUT2D eigenvalue weighted by Gasteiger charge is -2.36. The zero-order valence-electron chi connectivity index (χ0n) is 20.5. The molecule has 1 aromatic heterocycles. The van der Waals surface area contributed by atoms with Crippen molar-refractivity contribution >= 4 is 27.3 Å². The minimum atomic E-state index is -1.57. The van der Waals surface area contributed by atoms with Crippen LogP contribution in [0.5, 0.6) is 5.06 Å². The first-order valence-corrected chi connectivity index (χ1v) is 14.5. The summed E-state index contributed by atoms with van der Waals surface area (Å²) in [5.41, 5.74) is -2.01. The minimum Gasteiger partial charge on any atom is -0.530 e. The van der Waals surface area contributed by atoms with E-state index in [4.69, 9.17) is 24.3 Å². The van der Waals surface area contributed by atoms with Gasteiger partial charge in [-0.3, -0.25) is 0 Å². The van der Waals surface area contributed by atoms with Gasteiger partial charge < -0.3 is 24.3 Å². The third-order valence-electron chi connectivity index (χ3n) is 5.89. The molecule has 8 heteroatoms. The summed E-state index contributed by atoms with van der Waals surface area (Å²) >= 11 is 1.60. The molecular formula is C22H44BO5SSi. The van der Waals surface area contributed by atoms with Crippen molar-refractivity contribution in [1.82, 2.24) is 0 Å². The van der Waals surface area contributed by atoms with Gasteiger partial charge in [0.1, 0.15) is 0 Å². The molecule has 1 rings (SSSR count). The Kier molecular flexibility index (Phi) is 12.4. The van der Waals surface area contributed by atoms with Gasteiger partial charge in [-0.15, -0.1) is 11.3 Å². The summed E-state index contributed by atoms with van der Waals surface area (Å²) in [5, 5.41) is 27.8. The third-order valence-corrected chi connectivity index (χ3v) is 11.5. The standard InChI is InChI=1S/C16H30BO3SSi.C6H14O2/c1-16(2,3)22(4,5)19-13-9-7-6-8-10-14-11-12-15(21-14)20-17-18;1-5(2,7)6(3,4)8/h11-12,18H,6-10,13H2,1-5H3;7-8H,1-4H3. The number of hydrogen-bond donors (Lipinski definition) is 3. The largest absolute Gasteiger partial charge is 0.569 e. The normalized spacial score (nSPS) is 12.9. The lowest BCUT2D eigenvalue weighted by atomic mass is 9.90. The smallest absolute Gasteiger partial charge is 0.530 e. The minimum absolute atomic E-state index is 0.304. The van der Waals surface area contributed by atoms with Crippen LogP contribution in [0.25, 0.3) is 0 Å². The van der Waals surface area contributed by atoms with Crippen LogP contribution in [0, 0.1) is 0 Å². The van der Waals surface area contributed by atoms with Crippen molar-refractivity contribution in [3.63, 3.8) is 0 Å². The summed E-state index contributed by atoms with van der Waals surface area (Å²) in [6.07, 6.45) is 5.91. The molecule has 0 aromatic carbocycles. The highest BCUT2D eigenvalue weighted by atomic mass is 32.1. The molecule has 175 valence electrons. The number of hydrogen-bond acceptors (Lipinski definition) is 6. The van der Waals surface area contributed by atoms with Crippen molar-refractivity contribution in [3.05, 3.63) is 17.0 Å². The van der Waals surface area contributed by atoms with E-state index in [1.807, 2.05) is 6.07 Å². The molecule has 0 aliphatic carbocycles. The van der Waals surface area contributed by atoms with Crippen LogP contribution < -0.4 is 4.65 Å². The van der Waals surface area contributed by atoms with Crippen LogP contribution in [0.2, 0.25) is 18.1 Å². The van der Waals surface area contributed by atoms with Gasteiger partial charge >= 0.3 is 7.69 Å². The van der Waals surface area contributed by atoms with Gasteiger partial charge in [-0.2, -0.15) is 0 Å². The maximum atomic E-state index is 9.10. The highest BCUT2D eigenvalue weighted by Gasteiger charge is 2.36. The zero-order chi connectivity index (χ0) is 23.6. The molecule has 0 amide bonds. The Morgan fingerprint density at radius 2 is 1.43 bits per heavy atom. The first-order valence-electron chi connectivity index (χ1n) is 10.8. The molecule has 0 unspecified atom stereocenters. The molecule has 1 heterocycles. The van der Waals surface area contributed by atoms with Crippen molar-refractivity contribution in [3.8, 4) is 5.06 Å². The van der Waals surface area contributed by atoms with Crippen LogP contribution in [0.3, 0.4) is 0 Å². The SMILES string of the molecule is CC(C)(C)[Si](C)(C)OCCCCCCc1ccc(O[B]O)s1.CC(C)(O)C(C)(C)O. The molecule has 1 aromatic rings. The fourth-order valence-electron chi connectivity index (χ4n) is 1.91. The molecule has 30 heavy (non-hydrogen) atoms. The third kappa shape index (κ3) is 11.9. The van der Waals surface area contributed by atoms with E-state index in [0.29, 0.717) is 5.04 Å². The van der Waals surface area contributed by atoms with Crippen LogP contribution in [-0.2, 0) is 10.8 Å². The van der Waals surface area contributed by atoms with E-state index in [2.05, 4.69) is 39.9 Å². The summed E-state index contributed by atoms with van der Waals surface area (Å²) in [5.74, 6) is 0. The summed E-state index contributed by atoms with van der Waals surface area (Å²) in [6, 6.07) is 3.98. The van der Waals surface area contributed by atoms with E-state index in [0.717, 1.165) is 32.2 Å². The summed E-state index contributed by atoms with van der Waals surface area (Å²) in [7, 11) is -0.833. The van der Waals surface area contributed by atoms with Crippen molar-refractivity contribution in [1.29, 1.82) is 0 Å². The number of aliphatic hydroxyl groups is 2. The van der Waals surface area contributed by atoms with Crippen molar-refractivity contribution in [2.45, 2.75) is 110 Å². The van der Waals surface area contributed by atoms with E-state index in [-0.39, 0.29) is 0 Å². The van der Waals surface area contributed by atoms with Crippen molar-refractivity contribution in [2.75, 3.05) is 6.61 Å². The first-order chi connectivity index (χ1) is 13.5.